The molecule has 5 heteroatoms. The van der Waals surface area contributed by atoms with Gasteiger partial charge in [-0.2, -0.15) is 4.98 Å². The number of nitrogens with two attached hydrogens (primary N) is 1. The van der Waals surface area contributed by atoms with Crippen LogP contribution in [0.1, 0.15) is 38.5 Å². The predicted molar refractivity (Wildman–Crippen MR) is 76.0 cm³/mol. The molecule has 1 aromatic rings. The number of nitrogen functional groups attached to an aromatic ring is 1. The summed E-state index contributed by atoms with van der Waals surface area (Å²) in [6.07, 6.45) is 8.15. The highest BCUT2D eigenvalue weighted by Gasteiger charge is 2.51. The first-order valence-corrected chi connectivity index (χ1v) is 7.56. The van der Waals surface area contributed by atoms with Gasteiger partial charge in [-0.05, 0) is 56.3 Å². The molecule has 5 rings (SSSR count). The summed E-state index contributed by atoms with van der Waals surface area (Å²) < 4.78 is 0. The minimum absolute atomic E-state index is 0.235. The first kappa shape index (κ1) is 11.8. The molecule has 3 N–H and O–H groups in total. The zero-order chi connectivity index (χ0) is 13.0. The molecule has 0 atom stereocenters. The van der Waals surface area contributed by atoms with Crippen molar-refractivity contribution < 1.29 is 0 Å². The van der Waals surface area contributed by atoms with Crippen LogP contribution >= 0.6 is 11.6 Å². The molecule has 0 spiro atoms. The lowest BCUT2D eigenvalue weighted by atomic mass is 9.53. The lowest BCUT2D eigenvalue weighted by Gasteiger charge is -2.57. The summed E-state index contributed by atoms with van der Waals surface area (Å²) in [5.41, 5.74) is 5.91. The molecule has 4 fully saturated rings. The van der Waals surface area contributed by atoms with E-state index in [9.17, 15) is 0 Å². The maximum Gasteiger partial charge on any atom is 0.223 e. The topological polar surface area (TPSA) is 63.8 Å². The number of aromatic nitrogens is 2. The van der Waals surface area contributed by atoms with Crippen LogP contribution in [0, 0.1) is 17.8 Å². The third-order valence-corrected chi connectivity index (χ3v) is 5.34. The van der Waals surface area contributed by atoms with E-state index in [1.54, 1.807) is 6.07 Å². The highest BCUT2D eigenvalue weighted by atomic mass is 35.5. The van der Waals surface area contributed by atoms with Gasteiger partial charge >= 0.3 is 0 Å². The van der Waals surface area contributed by atoms with E-state index in [2.05, 4.69) is 15.3 Å². The van der Waals surface area contributed by atoms with Crippen molar-refractivity contribution in [3.8, 4) is 0 Å². The first-order chi connectivity index (χ1) is 9.10. The van der Waals surface area contributed by atoms with Crippen molar-refractivity contribution >= 4 is 23.4 Å². The maximum absolute atomic E-state index is 5.97. The number of rotatable bonds is 2. The Bertz CT molecular complexity index is 461. The number of nitrogens with zero attached hydrogens (tertiary/aromatic N) is 2. The molecule has 4 nitrogen and oxygen atoms in total. The molecule has 4 aliphatic carbocycles. The van der Waals surface area contributed by atoms with Crippen LogP contribution in [0.2, 0.25) is 5.15 Å². The molecule has 0 amide bonds. The molecule has 0 unspecified atom stereocenters. The fourth-order valence-corrected chi connectivity index (χ4v) is 5.22. The van der Waals surface area contributed by atoms with Crippen LogP contribution in [0.5, 0.6) is 0 Å². The Hall–Kier alpha value is -1.03. The summed E-state index contributed by atoms with van der Waals surface area (Å²) in [4.78, 5) is 8.20. The molecule has 0 radical (unpaired) electrons. The Morgan fingerprint density at radius 3 is 2.21 bits per heavy atom. The van der Waals surface area contributed by atoms with Crippen molar-refractivity contribution in [3.63, 3.8) is 0 Å². The van der Waals surface area contributed by atoms with Crippen molar-refractivity contribution in [2.45, 2.75) is 44.1 Å². The minimum Gasteiger partial charge on any atom is -0.368 e. The Labute approximate surface area is 118 Å². The van der Waals surface area contributed by atoms with Crippen LogP contribution in [0.25, 0.3) is 0 Å². The minimum atomic E-state index is 0.235. The molecule has 1 heterocycles. The van der Waals surface area contributed by atoms with Gasteiger partial charge in [0.15, 0.2) is 0 Å². The summed E-state index contributed by atoms with van der Waals surface area (Å²) in [5, 5.41) is 4.07. The second-order valence-corrected chi connectivity index (χ2v) is 7.14. The summed E-state index contributed by atoms with van der Waals surface area (Å²) >= 11 is 5.97. The molecule has 4 saturated carbocycles. The number of anilines is 2. The average Bonchev–Trinajstić information content (AvgIpc) is 2.23. The number of hydrogen-bond acceptors (Lipinski definition) is 4. The van der Waals surface area contributed by atoms with Crippen molar-refractivity contribution in [2.24, 2.45) is 17.8 Å². The summed E-state index contributed by atoms with van der Waals surface area (Å²) in [6.45, 7) is 0. The largest absolute Gasteiger partial charge is 0.368 e. The van der Waals surface area contributed by atoms with Crippen molar-refractivity contribution in [1.82, 2.24) is 9.97 Å². The Balaban J connectivity index is 1.62. The normalized spacial score (nSPS) is 39.5. The maximum atomic E-state index is 5.97. The van der Waals surface area contributed by atoms with Gasteiger partial charge < -0.3 is 11.1 Å². The highest BCUT2D eigenvalue weighted by Crippen LogP contribution is 2.56. The number of halogens is 1. The fourth-order valence-electron chi connectivity index (χ4n) is 5.03. The second-order valence-electron chi connectivity index (χ2n) is 6.76. The van der Waals surface area contributed by atoms with Gasteiger partial charge in [0.25, 0.3) is 0 Å². The van der Waals surface area contributed by atoms with Crippen LogP contribution < -0.4 is 11.1 Å². The number of nitrogens with one attached hydrogen (secondary N) is 1. The van der Waals surface area contributed by atoms with Gasteiger partial charge in [0.2, 0.25) is 5.95 Å². The van der Waals surface area contributed by atoms with Gasteiger partial charge in [-0.15, -0.1) is 0 Å². The zero-order valence-electron chi connectivity index (χ0n) is 10.9. The van der Waals surface area contributed by atoms with E-state index in [-0.39, 0.29) is 11.5 Å². The van der Waals surface area contributed by atoms with Crippen LogP contribution in [0.3, 0.4) is 0 Å². The van der Waals surface area contributed by atoms with Gasteiger partial charge in [0.05, 0.1) is 0 Å². The van der Waals surface area contributed by atoms with Crippen LogP contribution in [-0.4, -0.2) is 15.5 Å². The van der Waals surface area contributed by atoms with E-state index in [4.69, 9.17) is 17.3 Å². The van der Waals surface area contributed by atoms with Crippen LogP contribution in [0.15, 0.2) is 6.07 Å². The van der Waals surface area contributed by atoms with Crippen molar-refractivity contribution in [2.75, 3.05) is 11.1 Å². The standard InChI is InChI=1S/C14H19ClN4/c15-11-4-12(18-13(16)17-11)19-14-5-8-1-9(6-14)3-10(2-8)7-14/h4,8-10H,1-3,5-7H2,(H3,16,17,18,19). The third kappa shape index (κ3) is 2.06. The van der Waals surface area contributed by atoms with E-state index in [1.807, 2.05) is 0 Å². The van der Waals surface area contributed by atoms with E-state index >= 15 is 0 Å². The molecule has 1 aromatic heterocycles. The molecular formula is C14H19ClN4. The Kier molecular flexibility index (Phi) is 2.47. The summed E-state index contributed by atoms with van der Waals surface area (Å²) in [7, 11) is 0. The summed E-state index contributed by atoms with van der Waals surface area (Å²) in [6, 6.07) is 1.79. The van der Waals surface area contributed by atoms with Gasteiger partial charge in [-0.3, -0.25) is 0 Å². The SMILES string of the molecule is Nc1nc(Cl)cc(NC23CC4CC(CC(C4)C2)C3)n1. The predicted octanol–water partition coefficient (Wildman–Crippen LogP) is 3.09. The number of hydrogen-bond donors (Lipinski definition) is 2. The lowest BCUT2D eigenvalue weighted by Crippen LogP contribution is -2.54. The molecule has 0 saturated heterocycles. The van der Waals surface area contributed by atoms with Crippen LogP contribution in [0.4, 0.5) is 11.8 Å². The van der Waals surface area contributed by atoms with Crippen molar-refractivity contribution in [3.05, 3.63) is 11.2 Å². The second kappa shape index (κ2) is 3.98. The van der Waals surface area contributed by atoms with E-state index in [0.29, 0.717) is 5.15 Å². The van der Waals surface area contributed by atoms with Gasteiger partial charge in [0.1, 0.15) is 11.0 Å². The van der Waals surface area contributed by atoms with Gasteiger partial charge in [0, 0.05) is 11.6 Å². The molecule has 0 aliphatic heterocycles. The zero-order valence-corrected chi connectivity index (χ0v) is 11.7. The molecule has 0 aromatic carbocycles. The van der Waals surface area contributed by atoms with E-state index < -0.39 is 0 Å². The first-order valence-electron chi connectivity index (χ1n) is 7.18. The third-order valence-electron chi connectivity index (χ3n) is 5.14. The summed E-state index contributed by atoms with van der Waals surface area (Å²) in [5.74, 6) is 3.77. The quantitative estimate of drug-likeness (QED) is 0.816. The Morgan fingerprint density at radius 2 is 1.68 bits per heavy atom. The lowest BCUT2D eigenvalue weighted by molar-refractivity contribution is 0.0105. The average molecular weight is 279 g/mol. The highest BCUT2D eigenvalue weighted by molar-refractivity contribution is 6.29. The van der Waals surface area contributed by atoms with E-state index in [0.717, 1.165) is 23.6 Å². The smallest absolute Gasteiger partial charge is 0.223 e. The fraction of sp³-hybridized carbons (Fsp3) is 0.714. The van der Waals surface area contributed by atoms with Crippen LogP contribution in [-0.2, 0) is 0 Å². The molecule has 19 heavy (non-hydrogen) atoms. The van der Waals surface area contributed by atoms with Gasteiger partial charge in [-0.25, -0.2) is 4.98 Å². The van der Waals surface area contributed by atoms with E-state index in [1.165, 1.54) is 38.5 Å². The van der Waals surface area contributed by atoms with Crippen molar-refractivity contribution in [1.29, 1.82) is 0 Å². The Morgan fingerprint density at radius 1 is 1.11 bits per heavy atom. The molecule has 102 valence electrons. The molecule has 4 bridgehead atoms. The van der Waals surface area contributed by atoms with Gasteiger partial charge in [-0.1, -0.05) is 11.6 Å². The molecular weight excluding hydrogens is 260 g/mol. The molecule has 4 aliphatic rings. The monoisotopic (exact) mass is 278 g/mol.